The van der Waals surface area contributed by atoms with Gasteiger partial charge in [-0.1, -0.05) is 56.7 Å². The molecule has 0 amide bonds. The van der Waals surface area contributed by atoms with E-state index in [0.29, 0.717) is 12.0 Å². The fraction of sp³-hybridized carbons (Fsp3) is 0.353. The van der Waals surface area contributed by atoms with Gasteiger partial charge in [0.1, 0.15) is 5.41 Å². The average Bonchev–Trinajstić information content (AvgIpc) is 2.51. The van der Waals surface area contributed by atoms with E-state index in [9.17, 15) is 14.7 Å². The molecule has 0 fully saturated rings. The number of ketones is 1. The Morgan fingerprint density at radius 1 is 1.38 bits per heavy atom. The summed E-state index contributed by atoms with van der Waals surface area (Å²) in [6, 6.07) is 8.34. The summed E-state index contributed by atoms with van der Waals surface area (Å²) >= 11 is 0. The van der Waals surface area contributed by atoms with E-state index in [1.54, 1.807) is 37.3 Å². The first kappa shape index (κ1) is 16.8. The average molecular weight is 287 g/mol. The minimum Gasteiger partial charge on any atom is -0.481 e. The molecule has 0 aromatic heterocycles. The van der Waals surface area contributed by atoms with E-state index in [0.717, 1.165) is 0 Å². The van der Waals surface area contributed by atoms with Crippen LogP contribution in [0.25, 0.3) is 0 Å². The van der Waals surface area contributed by atoms with Crippen LogP contribution in [0.4, 0.5) is 0 Å². The second-order valence-electron chi connectivity index (χ2n) is 5.15. The lowest BCUT2D eigenvalue weighted by Gasteiger charge is -2.34. The van der Waals surface area contributed by atoms with Crippen molar-refractivity contribution in [3.8, 4) is 0 Å². The fourth-order valence-electron chi connectivity index (χ4n) is 2.47. The topological polar surface area (TPSA) is 78.2 Å². The van der Waals surface area contributed by atoms with E-state index in [1.807, 2.05) is 6.92 Å². The number of allylic oxidation sites excluding steroid dienone is 1. The summed E-state index contributed by atoms with van der Waals surface area (Å²) in [5.74, 6) is -2.03. The molecule has 1 aromatic rings. The first-order chi connectivity index (χ1) is 9.91. The Bertz CT molecular complexity index is 550. The first-order valence-corrected chi connectivity index (χ1v) is 6.94. The Hall–Kier alpha value is -2.23. The molecule has 0 heterocycles. The molecule has 4 heteroatoms. The quantitative estimate of drug-likeness (QED) is 0.436. The maximum absolute atomic E-state index is 12.5. The number of benzene rings is 1. The Balaban J connectivity index is 3.31. The molecule has 0 aliphatic heterocycles. The van der Waals surface area contributed by atoms with Gasteiger partial charge in [-0.05, 0) is 12.3 Å². The van der Waals surface area contributed by atoms with Crippen LogP contribution in [-0.2, 0) is 4.79 Å². The van der Waals surface area contributed by atoms with Crippen LogP contribution in [0.2, 0.25) is 0 Å². The maximum Gasteiger partial charge on any atom is 0.316 e. The second kappa shape index (κ2) is 6.97. The monoisotopic (exact) mass is 287 g/mol. The highest BCUT2D eigenvalue weighted by Gasteiger charge is 2.48. The Labute approximate surface area is 125 Å². The van der Waals surface area contributed by atoms with Crippen molar-refractivity contribution in [2.24, 2.45) is 11.3 Å². The van der Waals surface area contributed by atoms with Crippen molar-refractivity contribution in [1.29, 1.82) is 5.41 Å². The number of rotatable bonds is 8. The molecule has 0 radical (unpaired) electrons. The minimum atomic E-state index is -1.52. The van der Waals surface area contributed by atoms with E-state index in [4.69, 9.17) is 5.41 Å². The van der Waals surface area contributed by atoms with Crippen molar-refractivity contribution in [2.75, 3.05) is 0 Å². The van der Waals surface area contributed by atoms with Gasteiger partial charge in [-0.25, -0.2) is 0 Å². The van der Waals surface area contributed by atoms with E-state index < -0.39 is 17.2 Å². The normalized spacial score (nSPS) is 14.8. The van der Waals surface area contributed by atoms with Gasteiger partial charge in [-0.2, -0.15) is 0 Å². The molecule has 0 spiro atoms. The van der Waals surface area contributed by atoms with Gasteiger partial charge in [-0.15, -0.1) is 6.58 Å². The third-order valence-electron chi connectivity index (χ3n) is 4.01. The Kier molecular flexibility index (Phi) is 5.59. The molecule has 0 saturated carbocycles. The van der Waals surface area contributed by atoms with Crippen molar-refractivity contribution >= 4 is 17.5 Å². The van der Waals surface area contributed by atoms with Gasteiger partial charge in [0.05, 0.1) is 5.71 Å². The number of Topliss-reactive ketones (excluding diaryl/α,β-unsaturated/α-hetero) is 1. The van der Waals surface area contributed by atoms with Crippen LogP contribution in [0.3, 0.4) is 0 Å². The zero-order valence-electron chi connectivity index (χ0n) is 12.4. The molecule has 0 unspecified atom stereocenters. The van der Waals surface area contributed by atoms with Crippen molar-refractivity contribution in [3.63, 3.8) is 0 Å². The Morgan fingerprint density at radius 3 is 2.38 bits per heavy atom. The highest BCUT2D eigenvalue weighted by Crippen LogP contribution is 2.37. The zero-order valence-corrected chi connectivity index (χ0v) is 12.4. The summed E-state index contributed by atoms with van der Waals surface area (Å²) in [4.78, 5) is 24.3. The van der Waals surface area contributed by atoms with Crippen LogP contribution in [0.1, 0.15) is 37.0 Å². The number of carbonyl (C=O) groups is 2. The summed E-state index contributed by atoms with van der Waals surface area (Å²) in [5.41, 5.74) is -1.57. The zero-order chi connectivity index (χ0) is 16.0. The molecule has 2 atom stereocenters. The number of nitrogens with one attached hydrogen (secondary N) is 1. The highest BCUT2D eigenvalue weighted by molar-refractivity contribution is 6.49. The number of hydrogen-bond acceptors (Lipinski definition) is 3. The van der Waals surface area contributed by atoms with E-state index in [-0.39, 0.29) is 18.1 Å². The lowest BCUT2D eigenvalue weighted by molar-refractivity contribution is -0.147. The van der Waals surface area contributed by atoms with Gasteiger partial charge < -0.3 is 10.5 Å². The number of carboxylic acid groups (broad SMARTS) is 1. The smallest absolute Gasteiger partial charge is 0.316 e. The maximum atomic E-state index is 12.5. The molecule has 1 aromatic carbocycles. The number of aliphatic carboxylic acids is 1. The van der Waals surface area contributed by atoms with Crippen molar-refractivity contribution in [1.82, 2.24) is 0 Å². The molecule has 112 valence electrons. The predicted octanol–water partition coefficient (Wildman–Crippen LogP) is 3.58. The highest BCUT2D eigenvalue weighted by atomic mass is 16.4. The molecule has 0 aliphatic rings. The fourth-order valence-corrected chi connectivity index (χ4v) is 2.47. The molecule has 1 rings (SSSR count). The lowest BCUT2D eigenvalue weighted by atomic mass is 9.67. The summed E-state index contributed by atoms with van der Waals surface area (Å²) in [6.45, 7) is 7.20. The number of carboxylic acids is 1. The van der Waals surface area contributed by atoms with Crippen molar-refractivity contribution < 1.29 is 14.7 Å². The molecule has 0 bridgehead atoms. The van der Waals surface area contributed by atoms with E-state index in [2.05, 4.69) is 6.58 Å². The van der Waals surface area contributed by atoms with Gasteiger partial charge in [0.15, 0.2) is 0 Å². The van der Waals surface area contributed by atoms with Crippen LogP contribution in [0.15, 0.2) is 43.0 Å². The number of hydrogen-bond donors (Lipinski definition) is 2. The SMILES string of the molecule is C=CC[C@@](C(=N)C(=O)c1ccccc1)(C(=O)O)[C@H](C)CC. The van der Waals surface area contributed by atoms with Crippen LogP contribution in [0.5, 0.6) is 0 Å². The van der Waals surface area contributed by atoms with Crippen LogP contribution < -0.4 is 0 Å². The van der Waals surface area contributed by atoms with Gasteiger partial charge in [0, 0.05) is 5.56 Å². The molecular weight excluding hydrogens is 266 g/mol. The molecule has 0 saturated heterocycles. The first-order valence-electron chi connectivity index (χ1n) is 6.94. The predicted molar refractivity (Wildman–Crippen MR) is 82.8 cm³/mol. The third-order valence-corrected chi connectivity index (χ3v) is 4.01. The van der Waals surface area contributed by atoms with Crippen LogP contribution >= 0.6 is 0 Å². The van der Waals surface area contributed by atoms with Crippen LogP contribution in [0, 0.1) is 16.7 Å². The second-order valence-corrected chi connectivity index (χ2v) is 5.15. The lowest BCUT2D eigenvalue weighted by Crippen LogP contribution is -2.47. The Morgan fingerprint density at radius 2 is 1.95 bits per heavy atom. The number of carbonyl (C=O) groups excluding carboxylic acids is 1. The van der Waals surface area contributed by atoms with E-state index >= 15 is 0 Å². The summed E-state index contributed by atoms with van der Waals surface area (Å²) in [6.07, 6.45) is 2.09. The van der Waals surface area contributed by atoms with Crippen molar-refractivity contribution in [2.45, 2.75) is 26.7 Å². The van der Waals surface area contributed by atoms with Gasteiger partial charge in [0.25, 0.3) is 0 Å². The van der Waals surface area contributed by atoms with Gasteiger partial charge in [-0.3, -0.25) is 9.59 Å². The molecule has 2 N–H and O–H groups in total. The molecule has 4 nitrogen and oxygen atoms in total. The van der Waals surface area contributed by atoms with Gasteiger partial charge >= 0.3 is 5.97 Å². The van der Waals surface area contributed by atoms with E-state index in [1.165, 1.54) is 6.08 Å². The summed E-state index contributed by atoms with van der Waals surface area (Å²) in [5, 5.41) is 17.9. The van der Waals surface area contributed by atoms with Crippen molar-refractivity contribution in [3.05, 3.63) is 48.6 Å². The summed E-state index contributed by atoms with van der Waals surface area (Å²) in [7, 11) is 0. The standard InChI is InChI=1S/C17H21NO3/c1-4-11-17(16(20)21,12(3)5-2)15(18)14(19)13-9-7-6-8-10-13/h4,6-10,12,18H,1,5,11H2,2-3H3,(H,20,21)/t12-,17-/m1/s1. The van der Waals surface area contributed by atoms with Crippen LogP contribution in [-0.4, -0.2) is 22.6 Å². The molecule has 21 heavy (non-hydrogen) atoms. The molecular formula is C17H21NO3. The largest absolute Gasteiger partial charge is 0.481 e. The third kappa shape index (κ3) is 3.10. The van der Waals surface area contributed by atoms with Gasteiger partial charge in [0.2, 0.25) is 5.78 Å². The minimum absolute atomic E-state index is 0.0642. The molecule has 0 aliphatic carbocycles. The summed E-state index contributed by atoms with van der Waals surface area (Å²) < 4.78 is 0.